The van der Waals surface area contributed by atoms with E-state index in [0.717, 1.165) is 35.8 Å². The maximum absolute atomic E-state index is 5.76. The first-order valence-corrected chi connectivity index (χ1v) is 8.98. The van der Waals surface area contributed by atoms with Crippen molar-refractivity contribution in [3.05, 3.63) is 17.4 Å². The molecular formula is C14H20N4OS2. The van der Waals surface area contributed by atoms with E-state index in [9.17, 15) is 0 Å². The first kappa shape index (κ1) is 14.7. The van der Waals surface area contributed by atoms with Gasteiger partial charge in [-0.1, -0.05) is 25.2 Å². The van der Waals surface area contributed by atoms with Gasteiger partial charge in [-0.05, 0) is 12.8 Å². The molecule has 3 rings (SSSR count). The van der Waals surface area contributed by atoms with E-state index in [2.05, 4.69) is 33.1 Å². The van der Waals surface area contributed by atoms with Crippen molar-refractivity contribution in [1.82, 2.24) is 14.3 Å². The van der Waals surface area contributed by atoms with Crippen LogP contribution in [-0.4, -0.2) is 34.0 Å². The van der Waals surface area contributed by atoms with Gasteiger partial charge in [-0.25, -0.2) is 9.97 Å². The van der Waals surface area contributed by atoms with Gasteiger partial charge in [-0.15, -0.1) is 0 Å². The maximum atomic E-state index is 5.76. The number of piperidine rings is 1. The second-order valence-electron chi connectivity index (χ2n) is 5.65. The lowest BCUT2D eigenvalue weighted by Crippen LogP contribution is -2.37. The lowest BCUT2D eigenvalue weighted by atomic mass is 9.99. The van der Waals surface area contributed by atoms with Crippen LogP contribution >= 0.6 is 22.9 Å². The van der Waals surface area contributed by atoms with Crippen LogP contribution in [-0.2, 0) is 0 Å². The molecule has 2 aromatic rings. The Hall–Kier alpha value is -1.21. The van der Waals surface area contributed by atoms with Gasteiger partial charge in [0.1, 0.15) is 5.82 Å². The molecule has 1 saturated heterocycles. The number of thiazole rings is 1. The molecule has 21 heavy (non-hydrogen) atoms. The van der Waals surface area contributed by atoms with Crippen molar-refractivity contribution >= 4 is 28.0 Å². The summed E-state index contributed by atoms with van der Waals surface area (Å²) in [5.41, 5.74) is 0. The van der Waals surface area contributed by atoms with Gasteiger partial charge in [0.2, 0.25) is 5.13 Å². The molecule has 0 spiro atoms. The predicted molar refractivity (Wildman–Crippen MR) is 86.5 cm³/mol. The van der Waals surface area contributed by atoms with Gasteiger partial charge in [0.05, 0.1) is 6.61 Å². The Morgan fingerprint density at radius 3 is 3.10 bits per heavy atom. The fourth-order valence-electron chi connectivity index (χ4n) is 2.43. The number of nitrogens with zero attached hydrogens (tertiary/aromatic N) is 4. The summed E-state index contributed by atoms with van der Waals surface area (Å²) in [4.78, 5) is 11.2. The van der Waals surface area contributed by atoms with Crippen molar-refractivity contribution in [2.45, 2.75) is 32.6 Å². The lowest BCUT2D eigenvalue weighted by molar-refractivity contribution is 0.228. The van der Waals surface area contributed by atoms with Gasteiger partial charge < -0.3 is 9.64 Å². The Labute approximate surface area is 133 Å². The van der Waals surface area contributed by atoms with E-state index in [1.807, 2.05) is 5.38 Å². The van der Waals surface area contributed by atoms with Gasteiger partial charge in [-0.2, -0.15) is 4.37 Å². The molecule has 0 bridgehead atoms. The monoisotopic (exact) mass is 324 g/mol. The van der Waals surface area contributed by atoms with Crippen molar-refractivity contribution in [2.24, 2.45) is 5.92 Å². The van der Waals surface area contributed by atoms with Crippen molar-refractivity contribution in [3.8, 4) is 5.19 Å². The summed E-state index contributed by atoms with van der Waals surface area (Å²) in [7, 11) is 0. The normalized spacial score (nSPS) is 19.2. The summed E-state index contributed by atoms with van der Waals surface area (Å²) in [6, 6.07) is 0. The number of anilines is 1. The van der Waals surface area contributed by atoms with Gasteiger partial charge in [-0.3, -0.25) is 0 Å². The fraction of sp³-hybridized carbons (Fsp3) is 0.643. The molecule has 0 aromatic carbocycles. The van der Waals surface area contributed by atoms with E-state index in [1.165, 1.54) is 24.4 Å². The molecule has 0 saturated carbocycles. The zero-order chi connectivity index (χ0) is 14.7. The molecule has 0 amide bonds. The van der Waals surface area contributed by atoms with Crippen molar-refractivity contribution in [1.29, 1.82) is 0 Å². The number of aromatic nitrogens is 3. The van der Waals surface area contributed by atoms with Gasteiger partial charge >= 0.3 is 0 Å². The van der Waals surface area contributed by atoms with Crippen LogP contribution in [0.4, 0.5) is 5.13 Å². The van der Waals surface area contributed by atoms with Gasteiger partial charge in [0.25, 0.3) is 5.19 Å². The number of hydrogen-bond donors (Lipinski definition) is 0. The molecule has 114 valence electrons. The Morgan fingerprint density at radius 2 is 2.38 bits per heavy atom. The minimum absolute atomic E-state index is 0.392. The minimum atomic E-state index is 0.392. The Morgan fingerprint density at radius 1 is 1.48 bits per heavy atom. The summed E-state index contributed by atoms with van der Waals surface area (Å²) >= 11 is 3.06. The zero-order valence-corrected chi connectivity index (χ0v) is 14.0. The van der Waals surface area contributed by atoms with Crippen LogP contribution in [0, 0.1) is 5.92 Å². The van der Waals surface area contributed by atoms with E-state index < -0.39 is 0 Å². The van der Waals surface area contributed by atoms with E-state index in [0.29, 0.717) is 11.8 Å². The zero-order valence-electron chi connectivity index (χ0n) is 12.4. The molecule has 0 aliphatic carbocycles. The maximum Gasteiger partial charge on any atom is 0.273 e. The molecule has 1 aliphatic heterocycles. The molecule has 1 aliphatic rings. The van der Waals surface area contributed by atoms with E-state index in [1.54, 1.807) is 17.5 Å². The highest BCUT2D eigenvalue weighted by Crippen LogP contribution is 2.27. The molecule has 7 heteroatoms. The Balaban J connectivity index is 1.57. The molecule has 5 nitrogen and oxygen atoms in total. The third kappa shape index (κ3) is 3.71. The molecule has 1 atom stereocenters. The summed E-state index contributed by atoms with van der Waals surface area (Å²) in [5.74, 6) is 1.88. The average molecular weight is 324 g/mol. The van der Waals surface area contributed by atoms with E-state index in [-0.39, 0.29) is 0 Å². The molecule has 2 aromatic heterocycles. The highest BCUT2D eigenvalue weighted by atomic mass is 32.1. The second-order valence-corrected chi connectivity index (χ2v) is 7.24. The highest BCUT2D eigenvalue weighted by molar-refractivity contribution is 7.11. The quantitative estimate of drug-likeness (QED) is 0.843. The molecule has 0 N–H and O–H groups in total. The predicted octanol–water partition coefficient (Wildman–Crippen LogP) is 3.41. The number of rotatable bonds is 5. The SMILES string of the molecule is CC(C)c1nsc(N2CCCC(COc3nccs3)C2)n1. The van der Waals surface area contributed by atoms with Gasteiger partial charge in [0.15, 0.2) is 0 Å². The van der Waals surface area contributed by atoms with Crippen LogP contribution in [0.15, 0.2) is 11.6 Å². The molecule has 1 fully saturated rings. The van der Waals surface area contributed by atoms with Crippen molar-refractivity contribution < 1.29 is 4.74 Å². The largest absolute Gasteiger partial charge is 0.470 e. The summed E-state index contributed by atoms with van der Waals surface area (Å²) in [6.45, 7) is 7.07. The summed E-state index contributed by atoms with van der Waals surface area (Å²) in [5, 5.41) is 3.76. The third-order valence-electron chi connectivity index (χ3n) is 3.59. The Bertz CT molecular complexity index is 555. The van der Waals surface area contributed by atoms with Crippen LogP contribution < -0.4 is 9.64 Å². The first-order chi connectivity index (χ1) is 10.2. The van der Waals surface area contributed by atoms with Crippen LogP contribution in [0.25, 0.3) is 0 Å². The third-order valence-corrected chi connectivity index (χ3v) is 5.06. The van der Waals surface area contributed by atoms with Crippen LogP contribution in [0.1, 0.15) is 38.4 Å². The van der Waals surface area contributed by atoms with E-state index in [4.69, 9.17) is 4.74 Å². The molecule has 0 radical (unpaired) electrons. The summed E-state index contributed by atoms with van der Waals surface area (Å²) in [6.07, 6.45) is 4.17. The Kier molecular flexibility index (Phi) is 4.70. The van der Waals surface area contributed by atoms with Crippen LogP contribution in [0.5, 0.6) is 5.19 Å². The first-order valence-electron chi connectivity index (χ1n) is 7.33. The topological polar surface area (TPSA) is 51.1 Å². The average Bonchev–Trinajstić information content (AvgIpc) is 3.17. The van der Waals surface area contributed by atoms with E-state index >= 15 is 0 Å². The number of hydrogen-bond acceptors (Lipinski definition) is 7. The number of ether oxygens (including phenoxy) is 1. The van der Waals surface area contributed by atoms with Crippen LogP contribution in [0.2, 0.25) is 0 Å². The summed E-state index contributed by atoms with van der Waals surface area (Å²) < 4.78 is 10.2. The van der Waals surface area contributed by atoms with Crippen molar-refractivity contribution in [3.63, 3.8) is 0 Å². The smallest absolute Gasteiger partial charge is 0.273 e. The second kappa shape index (κ2) is 6.70. The molecule has 1 unspecified atom stereocenters. The fourth-order valence-corrected chi connectivity index (χ4v) is 3.77. The molecular weight excluding hydrogens is 304 g/mol. The van der Waals surface area contributed by atoms with Crippen molar-refractivity contribution in [2.75, 3.05) is 24.6 Å². The van der Waals surface area contributed by atoms with Gasteiger partial charge in [0, 0.05) is 48.0 Å². The minimum Gasteiger partial charge on any atom is -0.470 e. The highest BCUT2D eigenvalue weighted by Gasteiger charge is 2.23. The lowest BCUT2D eigenvalue weighted by Gasteiger charge is -2.31. The molecule has 3 heterocycles. The standard InChI is InChI=1S/C14H20N4OS2/c1-10(2)12-16-13(21-17-12)18-6-3-4-11(8-18)9-19-14-15-5-7-20-14/h5,7,10-11H,3-4,6,8-9H2,1-2H3. The van der Waals surface area contributed by atoms with Crippen LogP contribution in [0.3, 0.4) is 0 Å².